The van der Waals surface area contributed by atoms with Crippen molar-refractivity contribution in [1.82, 2.24) is 4.90 Å². The molecule has 1 saturated carbocycles. The number of carbonyl (C=O) groups is 5. The van der Waals surface area contributed by atoms with Crippen molar-refractivity contribution in [3.63, 3.8) is 0 Å². The first-order valence-corrected chi connectivity index (χ1v) is 23.4. The Balaban J connectivity index is 1.67. The Kier molecular flexibility index (Phi) is 20.1. The van der Waals surface area contributed by atoms with Crippen LogP contribution in [0.5, 0.6) is 0 Å². The molecule has 0 radical (unpaired) electrons. The van der Waals surface area contributed by atoms with Crippen LogP contribution in [0.25, 0.3) is 0 Å². The van der Waals surface area contributed by atoms with Crippen LogP contribution in [-0.4, -0.2) is 119 Å². The molecule has 4 rings (SSSR count). The number of piperidine rings is 1. The average Bonchev–Trinajstić information content (AvgIpc) is 3.25. The van der Waals surface area contributed by atoms with E-state index in [4.69, 9.17) is 18.9 Å². The Morgan fingerprint density at radius 3 is 2.27 bits per heavy atom. The van der Waals surface area contributed by atoms with Crippen LogP contribution in [0.2, 0.25) is 0 Å². The number of aliphatic hydroxyl groups excluding tert-OH is 2. The van der Waals surface area contributed by atoms with Crippen LogP contribution in [-0.2, 0) is 42.9 Å². The van der Waals surface area contributed by atoms with Gasteiger partial charge in [-0.2, -0.15) is 0 Å². The Bertz CT molecular complexity index is 1700. The lowest BCUT2D eigenvalue weighted by atomic mass is 9.78. The number of esters is 1. The van der Waals surface area contributed by atoms with Crippen molar-refractivity contribution in [2.75, 3.05) is 20.8 Å². The highest BCUT2D eigenvalue weighted by atomic mass is 16.6. The minimum atomic E-state index is -2.42. The van der Waals surface area contributed by atoms with Gasteiger partial charge in [0.2, 0.25) is 5.79 Å². The van der Waals surface area contributed by atoms with Crippen molar-refractivity contribution in [3.8, 4) is 0 Å². The number of ether oxygens (including phenoxy) is 4. The molecule has 3 heterocycles. The summed E-state index contributed by atoms with van der Waals surface area (Å²) in [4.78, 5) is 71.1. The lowest BCUT2D eigenvalue weighted by Gasteiger charge is -2.42. The minimum Gasteiger partial charge on any atom is -0.460 e. The monoisotopic (exact) mass is 884 g/mol. The molecule has 0 aromatic carbocycles. The van der Waals surface area contributed by atoms with Crippen molar-refractivity contribution < 1.29 is 58.2 Å². The van der Waals surface area contributed by atoms with E-state index in [0.717, 1.165) is 12.0 Å². The van der Waals surface area contributed by atoms with Gasteiger partial charge < -0.3 is 39.2 Å². The van der Waals surface area contributed by atoms with Crippen LogP contribution in [0.4, 0.5) is 0 Å². The topological polar surface area (TPSA) is 186 Å². The van der Waals surface area contributed by atoms with Gasteiger partial charge in [-0.15, -0.1) is 0 Å². The highest BCUT2D eigenvalue weighted by molar-refractivity contribution is 6.39. The molecular weight excluding hydrogens is 807 g/mol. The molecule has 14 atom stereocenters. The minimum absolute atomic E-state index is 0.0725. The molecule has 63 heavy (non-hydrogen) atoms. The Hall–Kier alpha value is -3.33. The number of allylic oxidation sites excluding steroid dienone is 6. The number of fused-ring (bicyclic) bond motifs is 3. The second kappa shape index (κ2) is 24.3. The summed E-state index contributed by atoms with van der Waals surface area (Å²) in [6.07, 6.45) is 13.0. The maximum absolute atomic E-state index is 14.3. The zero-order valence-electron chi connectivity index (χ0n) is 39.3. The fourth-order valence-corrected chi connectivity index (χ4v) is 9.78. The molecular formula is C50H77NO12. The van der Waals surface area contributed by atoms with E-state index < -0.39 is 71.8 Å². The standard InChI is InChI=1S/C50H77NO12/c1-30-15-11-10-12-16-31(2)44(60-8)27-38-20-18-36(7)50(59,63-38)47(56)48(57)51-22-14-13-17-39(51)49(58)62-45(35(6)25-37-19-21-40(52)46(26-37)61-9)29-43(55)34(5)24-33(4)42(54)28-41(53)32(3)23-30/h10-12,15-16,24,30,32,34-40,42,44-46,52,54,59H,13-14,17-23,25-29H2,1-9H3/b12-10?,15-11+,31-16?,33-24+/t30-,32-,34-,35-,36-,37+,38+,39+,40+,42+,44+,45+,46-,50-/m1/s1. The third-order valence-corrected chi connectivity index (χ3v) is 14.2. The Labute approximate surface area is 375 Å². The second-order valence-electron chi connectivity index (χ2n) is 19.3. The van der Waals surface area contributed by atoms with Gasteiger partial charge in [0.15, 0.2) is 0 Å². The number of hydrogen-bond acceptors (Lipinski definition) is 12. The molecule has 354 valence electrons. The number of methoxy groups -OCH3 is 2. The van der Waals surface area contributed by atoms with Crippen LogP contribution < -0.4 is 0 Å². The Morgan fingerprint density at radius 2 is 1.57 bits per heavy atom. The van der Waals surface area contributed by atoms with E-state index in [0.29, 0.717) is 63.4 Å². The number of hydrogen-bond donors (Lipinski definition) is 3. The van der Waals surface area contributed by atoms with E-state index in [-0.39, 0.29) is 67.1 Å². The van der Waals surface area contributed by atoms with Crippen LogP contribution in [0, 0.1) is 35.5 Å². The van der Waals surface area contributed by atoms with Crippen molar-refractivity contribution in [2.45, 2.75) is 180 Å². The van der Waals surface area contributed by atoms with Gasteiger partial charge in [0.25, 0.3) is 11.7 Å². The van der Waals surface area contributed by atoms with Gasteiger partial charge in [-0.3, -0.25) is 19.2 Å². The van der Waals surface area contributed by atoms with Crippen LogP contribution in [0.3, 0.4) is 0 Å². The molecule has 0 spiro atoms. The molecule has 1 aliphatic carbocycles. The zero-order chi connectivity index (χ0) is 46.6. The maximum atomic E-state index is 14.3. The van der Waals surface area contributed by atoms with Crippen molar-refractivity contribution >= 4 is 29.2 Å². The summed E-state index contributed by atoms with van der Waals surface area (Å²) < 4.78 is 23.8. The quantitative estimate of drug-likeness (QED) is 0.154. The summed E-state index contributed by atoms with van der Waals surface area (Å²) in [6.45, 7) is 12.9. The number of nitrogens with zero attached hydrogens (tertiary/aromatic N) is 1. The summed E-state index contributed by atoms with van der Waals surface area (Å²) in [6, 6.07) is -1.12. The van der Waals surface area contributed by atoms with Gasteiger partial charge in [0, 0.05) is 57.8 Å². The summed E-state index contributed by atoms with van der Waals surface area (Å²) in [7, 11) is 3.15. The summed E-state index contributed by atoms with van der Waals surface area (Å²) >= 11 is 0. The number of Topliss-reactive ketones (excluding diaryl/α,β-unsaturated/α-hetero) is 3. The van der Waals surface area contributed by atoms with E-state index in [1.807, 2.05) is 58.1 Å². The largest absolute Gasteiger partial charge is 0.460 e. The van der Waals surface area contributed by atoms with Gasteiger partial charge in [0.05, 0.1) is 30.5 Å². The lowest BCUT2D eigenvalue weighted by molar-refractivity contribution is -0.265. The van der Waals surface area contributed by atoms with Crippen LogP contribution in [0.1, 0.15) is 132 Å². The van der Waals surface area contributed by atoms with Gasteiger partial charge in [0.1, 0.15) is 23.7 Å². The van der Waals surface area contributed by atoms with Gasteiger partial charge in [-0.1, -0.05) is 71.1 Å². The first-order chi connectivity index (χ1) is 29.8. The van der Waals surface area contributed by atoms with Gasteiger partial charge in [-0.05, 0) is 107 Å². The van der Waals surface area contributed by atoms with Crippen LogP contribution >= 0.6 is 0 Å². The van der Waals surface area contributed by atoms with Crippen molar-refractivity contribution in [2.24, 2.45) is 35.5 Å². The number of rotatable bonds is 5. The molecule has 13 nitrogen and oxygen atoms in total. The normalized spacial score (nSPS) is 38.8. The molecule has 4 aliphatic rings. The number of ketones is 3. The molecule has 3 N–H and O–H groups in total. The molecule has 0 aromatic rings. The third-order valence-electron chi connectivity index (χ3n) is 14.2. The number of amides is 1. The van der Waals surface area contributed by atoms with Crippen LogP contribution in [0.15, 0.2) is 47.6 Å². The molecule has 3 fully saturated rings. The fraction of sp³-hybridized carbons (Fsp3) is 0.740. The summed E-state index contributed by atoms with van der Waals surface area (Å²) in [5.41, 5.74) is 1.39. The highest BCUT2D eigenvalue weighted by Gasteiger charge is 2.53. The van der Waals surface area contributed by atoms with E-state index in [1.54, 1.807) is 41.1 Å². The number of cyclic esters (lactones) is 1. The first kappa shape index (κ1) is 52.3. The molecule has 13 heteroatoms. The molecule has 1 amide bonds. The Morgan fingerprint density at radius 1 is 0.841 bits per heavy atom. The first-order valence-electron chi connectivity index (χ1n) is 23.4. The lowest BCUT2D eigenvalue weighted by Crippen LogP contribution is -2.61. The van der Waals surface area contributed by atoms with Crippen molar-refractivity contribution in [1.29, 1.82) is 0 Å². The molecule has 2 saturated heterocycles. The SMILES string of the molecule is CO[C@H]1C[C@@H]2CC[C@@H](C)[C@@](O)(O2)C(=O)C(=O)N2CCCC[C@H]2C(=O)O[C@H]([C@H](C)C[C@@H]2CC[C@H](O)[C@H](OC)C2)CC(=O)[C@H](C)/C=C(\C)[C@@H](O)CC(=O)[C@H](C)C[C@H](C)/C=C/C=CC=C1C. The van der Waals surface area contributed by atoms with E-state index in [9.17, 15) is 39.3 Å². The smallest absolute Gasteiger partial charge is 0.329 e. The second-order valence-corrected chi connectivity index (χ2v) is 19.3. The molecule has 3 aliphatic heterocycles. The van der Waals surface area contributed by atoms with Gasteiger partial charge in [-0.25, -0.2) is 4.79 Å². The predicted octanol–water partition coefficient (Wildman–Crippen LogP) is 6.56. The summed E-state index contributed by atoms with van der Waals surface area (Å²) in [5, 5.41) is 33.5. The van der Waals surface area contributed by atoms with E-state index >= 15 is 0 Å². The van der Waals surface area contributed by atoms with E-state index in [1.165, 1.54) is 4.90 Å². The maximum Gasteiger partial charge on any atom is 0.329 e. The number of aliphatic hydroxyl groups is 3. The predicted molar refractivity (Wildman–Crippen MR) is 239 cm³/mol. The van der Waals surface area contributed by atoms with E-state index in [2.05, 4.69) is 0 Å². The fourth-order valence-electron chi connectivity index (χ4n) is 9.78. The van der Waals surface area contributed by atoms with Crippen molar-refractivity contribution in [3.05, 3.63) is 47.6 Å². The molecule has 0 aromatic heterocycles. The molecule has 2 bridgehead atoms. The summed E-state index contributed by atoms with van der Waals surface area (Å²) in [5.74, 6) is -7.36. The number of carbonyl (C=O) groups excluding carboxylic acids is 5. The highest BCUT2D eigenvalue weighted by Crippen LogP contribution is 2.37. The van der Waals surface area contributed by atoms with Gasteiger partial charge >= 0.3 is 5.97 Å². The average molecular weight is 884 g/mol. The molecule has 0 unspecified atom stereocenters. The zero-order valence-corrected chi connectivity index (χ0v) is 39.3. The third kappa shape index (κ3) is 14.3.